The lowest BCUT2D eigenvalue weighted by atomic mass is 10.2. The molecule has 0 radical (unpaired) electrons. The fraction of sp³-hybridized carbons (Fsp3) is 0.333. The first-order chi connectivity index (χ1) is 7.04. The van der Waals surface area contributed by atoms with Gasteiger partial charge in [-0.3, -0.25) is 9.79 Å². The normalized spacial score (nSPS) is 12.2. The molecule has 0 aliphatic heterocycles. The highest BCUT2D eigenvalue weighted by atomic mass is 17.1. The van der Waals surface area contributed by atoms with Crippen molar-refractivity contribution < 1.29 is 20.0 Å². The molecule has 0 spiro atoms. The first kappa shape index (κ1) is 13.2. The highest BCUT2D eigenvalue weighted by molar-refractivity contribution is 6.07. The van der Waals surface area contributed by atoms with E-state index in [9.17, 15) is 10.1 Å². The zero-order valence-electron chi connectivity index (χ0n) is 8.61. The van der Waals surface area contributed by atoms with Crippen molar-refractivity contribution in [1.29, 1.82) is 0 Å². The number of nitrogens with zero attached hydrogens (tertiary/aromatic N) is 1. The lowest BCUT2D eigenvalue weighted by Gasteiger charge is -2.12. The van der Waals surface area contributed by atoms with Crippen molar-refractivity contribution in [1.82, 2.24) is 5.32 Å². The van der Waals surface area contributed by atoms with Crippen LogP contribution in [-0.2, 0) is 9.68 Å². The molecule has 15 heavy (non-hydrogen) atoms. The Morgan fingerprint density at radius 3 is 2.67 bits per heavy atom. The van der Waals surface area contributed by atoms with E-state index in [4.69, 9.17) is 5.11 Å². The minimum atomic E-state index is -0.986. The van der Waals surface area contributed by atoms with Gasteiger partial charge >= 0.3 is 5.97 Å². The summed E-state index contributed by atoms with van der Waals surface area (Å²) in [6.07, 6.45) is 1.20. The summed E-state index contributed by atoms with van der Waals surface area (Å²) in [7, 11) is 3.02. The van der Waals surface area contributed by atoms with Gasteiger partial charge in [0, 0.05) is 19.8 Å². The van der Waals surface area contributed by atoms with Gasteiger partial charge in [0.1, 0.15) is 5.76 Å². The number of hydrogen-bond acceptors (Lipinski definition) is 5. The maximum Gasteiger partial charge on any atom is 0.309 e. The summed E-state index contributed by atoms with van der Waals surface area (Å²) in [5.74, 6) is -1.14. The van der Waals surface area contributed by atoms with Crippen LogP contribution in [0.15, 0.2) is 29.1 Å². The molecule has 0 saturated carbocycles. The highest BCUT2D eigenvalue weighted by Crippen LogP contribution is 2.02. The van der Waals surface area contributed by atoms with E-state index in [0.717, 1.165) is 0 Å². The predicted molar refractivity (Wildman–Crippen MR) is 53.0 cm³/mol. The Kier molecular flexibility index (Phi) is 5.81. The molecule has 0 unspecified atom stereocenters. The summed E-state index contributed by atoms with van der Waals surface area (Å²) >= 11 is 0. The molecule has 6 nitrogen and oxygen atoms in total. The number of carboxylic acid groups (broad SMARTS) is 1. The minimum absolute atomic E-state index is 0.157. The van der Waals surface area contributed by atoms with Gasteiger partial charge in [0.2, 0.25) is 0 Å². The number of hydrogen-bond donors (Lipinski definition) is 2. The van der Waals surface area contributed by atoms with Crippen LogP contribution in [0.5, 0.6) is 0 Å². The van der Waals surface area contributed by atoms with Gasteiger partial charge in [-0.25, -0.2) is 0 Å². The fourth-order valence-electron chi connectivity index (χ4n) is 0.852. The average Bonchev–Trinajstić information content (AvgIpc) is 2.22. The predicted octanol–water partition coefficient (Wildman–Crippen LogP) is -0.559. The molecule has 0 aromatic carbocycles. The number of carbonyl (C=O) groups is 1. The maximum atomic E-state index is 10.4. The lowest BCUT2D eigenvalue weighted by Crippen LogP contribution is -2.16. The standard InChI is InChI=1S/C9H14N2O4/c1-6(15-14)8(11-3)4-7(10-2)5-9(12)13/h4,10,14H,1,5H2,2-3H3,(H,12,13)/p-1/b7-4-,11-8?. The summed E-state index contributed by atoms with van der Waals surface area (Å²) in [6.45, 7) is 3.33. The average molecular weight is 213 g/mol. The van der Waals surface area contributed by atoms with Crippen molar-refractivity contribution in [2.75, 3.05) is 14.1 Å². The number of nitrogens with one attached hydrogen (secondary N) is 1. The Balaban J connectivity index is 4.79. The van der Waals surface area contributed by atoms with Gasteiger partial charge in [0.15, 0.2) is 0 Å². The second-order valence-electron chi connectivity index (χ2n) is 2.61. The van der Waals surface area contributed by atoms with E-state index in [1.54, 1.807) is 7.05 Å². The van der Waals surface area contributed by atoms with Crippen LogP contribution >= 0.6 is 0 Å². The van der Waals surface area contributed by atoms with E-state index in [2.05, 4.69) is 21.8 Å². The van der Waals surface area contributed by atoms with Crippen molar-refractivity contribution in [3.05, 3.63) is 24.1 Å². The van der Waals surface area contributed by atoms with Crippen LogP contribution in [0.2, 0.25) is 0 Å². The summed E-state index contributed by atoms with van der Waals surface area (Å²) < 4.78 is 0. The van der Waals surface area contributed by atoms with E-state index >= 15 is 0 Å². The monoisotopic (exact) mass is 213 g/mol. The largest absolute Gasteiger partial charge is 0.664 e. The van der Waals surface area contributed by atoms with Gasteiger partial charge in [-0.1, -0.05) is 6.58 Å². The van der Waals surface area contributed by atoms with Crippen LogP contribution in [0.3, 0.4) is 0 Å². The summed E-state index contributed by atoms with van der Waals surface area (Å²) in [6, 6.07) is 0. The van der Waals surface area contributed by atoms with Crippen LogP contribution in [0, 0.1) is 0 Å². The molecule has 6 heteroatoms. The second kappa shape index (κ2) is 6.61. The molecule has 0 bridgehead atoms. The Hall–Kier alpha value is -1.82. The highest BCUT2D eigenvalue weighted by Gasteiger charge is 2.05. The Morgan fingerprint density at radius 2 is 2.33 bits per heavy atom. The third-order valence-electron chi connectivity index (χ3n) is 1.60. The topological polar surface area (TPSA) is 94.0 Å². The van der Waals surface area contributed by atoms with E-state index in [0.29, 0.717) is 5.70 Å². The molecular weight excluding hydrogens is 200 g/mol. The third kappa shape index (κ3) is 4.82. The number of rotatable bonds is 6. The Morgan fingerprint density at radius 1 is 1.73 bits per heavy atom. The van der Waals surface area contributed by atoms with Crippen LogP contribution in [0.1, 0.15) is 6.42 Å². The van der Waals surface area contributed by atoms with Crippen molar-refractivity contribution in [3.63, 3.8) is 0 Å². The zero-order valence-corrected chi connectivity index (χ0v) is 8.61. The molecule has 0 aliphatic carbocycles. The molecule has 0 saturated heterocycles. The Bertz CT molecular complexity index is 307. The number of carboxylic acids is 1. The second-order valence-corrected chi connectivity index (χ2v) is 2.61. The van der Waals surface area contributed by atoms with Gasteiger partial charge in [-0.2, -0.15) is 0 Å². The van der Waals surface area contributed by atoms with Gasteiger partial charge in [-0.05, 0) is 6.08 Å². The van der Waals surface area contributed by atoms with Crippen LogP contribution in [-0.4, -0.2) is 30.9 Å². The van der Waals surface area contributed by atoms with Crippen molar-refractivity contribution >= 4 is 11.7 Å². The van der Waals surface area contributed by atoms with Crippen molar-refractivity contribution in [2.45, 2.75) is 6.42 Å². The maximum absolute atomic E-state index is 10.4. The summed E-state index contributed by atoms with van der Waals surface area (Å²) in [5.41, 5.74) is 0.608. The molecule has 0 amide bonds. The molecule has 0 aliphatic rings. The van der Waals surface area contributed by atoms with E-state index in [-0.39, 0.29) is 17.9 Å². The van der Waals surface area contributed by atoms with Crippen LogP contribution < -0.4 is 10.6 Å². The van der Waals surface area contributed by atoms with E-state index in [1.807, 2.05) is 0 Å². The lowest BCUT2D eigenvalue weighted by molar-refractivity contribution is -0.668. The SMILES string of the molecule is C=C(O[O-])C(/C=C(/CC(=O)O)NC)=NC. The zero-order chi connectivity index (χ0) is 11.8. The van der Waals surface area contributed by atoms with Gasteiger partial charge < -0.3 is 20.6 Å². The fourth-order valence-corrected chi connectivity index (χ4v) is 0.852. The number of aliphatic carboxylic acids is 1. The van der Waals surface area contributed by atoms with Gasteiger partial charge in [0.05, 0.1) is 12.1 Å². The summed E-state index contributed by atoms with van der Waals surface area (Å²) in [5, 5.41) is 21.3. The van der Waals surface area contributed by atoms with Gasteiger partial charge in [-0.15, -0.1) is 0 Å². The quantitative estimate of drug-likeness (QED) is 0.267. The van der Waals surface area contributed by atoms with Crippen molar-refractivity contribution in [3.8, 4) is 0 Å². The third-order valence-corrected chi connectivity index (χ3v) is 1.60. The molecule has 0 atom stereocenters. The molecule has 0 fully saturated rings. The number of allylic oxidation sites excluding steroid dienone is 1. The smallest absolute Gasteiger partial charge is 0.309 e. The first-order valence-corrected chi connectivity index (χ1v) is 4.11. The number of aliphatic imine (C=N–C) groups is 1. The molecular formula is C9H13N2O4-. The van der Waals surface area contributed by atoms with Crippen LogP contribution in [0.25, 0.3) is 0 Å². The molecule has 0 heterocycles. The van der Waals surface area contributed by atoms with Gasteiger partial charge in [0.25, 0.3) is 0 Å². The van der Waals surface area contributed by atoms with E-state index in [1.165, 1.54) is 13.1 Å². The molecule has 0 aromatic heterocycles. The van der Waals surface area contributed by atoms with E-state index < -0.39 is 5.97 Å². The first-order valence-electron chi connectivity index (χ1n) is 4.11. The molecule has 0 rings (SSSR count). The Labute approximate surface area is 87.5 Å². The molecule has 84 valence electrons. The molecule has 0 aromatic rings. The van der Waals surface area contributed by atoms with Crippen molar-refractivity contribution in [2.24, 2.45) is 4.99 Å². The molecule has 2 N–H and O–H groups in total. The van der Waals surface area contributed by atoms with Crippen LogP contribution in [0.4, 0.5) is 0 Å². The summed E-state index contributed by atoms with van der Waals surface area (Å²) in [4.78, 5) is 17.8. The minimum Gasteiger partial charge on any atom is -0.664 e.